The molecule has 1 aromatic carbocycles. The molecule has 1 heterocycles. The molecule has 1 aliphatic heterocycles. The topological polar surface area (TPSA) is 35.5 Å². The van der Waals surface area contributed by atoms with Crippen molar-refractivity contribution in [2.24, 2.45) is 0 Å². The third-order valence-corrected chi connectivity index (χ3v) is 3.52. The number of rotatable bonds is 1. The average molecular weight is 289 g/mol. The van der Waals surface area contributed by atoms with Gasteiger partial charge >= 0.3 is 0 Å². The molecule has 1 atom stereocenters. The zero-order chi connectivity index (χ0) is 13.1. The summed E-state index contributed by atoms with van der Waals surface area (Å²) < 4.78 is 13.3. The lowest BCUT2D eigenvalue weighted by Gasteiger charge is -2.32. The molecule has 2 N–H and O–H groups in total. The van der Waals surface area contributed by atoms with E-state index in [2.05, 4.69) is 5.32 Å². The Kier molecular flexibility index (Phi) is 4.37. The molecule has 2 rings (SSSR count). The molecule has 0 saturated carbocycles. The predicted molar refractivity (Wildman–Crippen MR) is 74.4 cm³/mol. The van der Waals surface area contributed by atoms with Crippen molar-refractivity contribution in [1.82, 2.24) is 4.90 Å². The van der Waals surface area contributed by atoms with E-state index in [0.717, 1.165) is 19.4 Å². The number of nitrogens with zero attached hydrogens (tertiary/aromatic N) is 1. The highest BCUT2D eigenvalue weighted by atomic mass is 35.5. The van der Waals surface area contributed by atoms with Gasteiger partial charge in [0.2, 0.25) is 0 Å². The summed E-state index contributed by atoms with van der Waals surface area (Å²) in [6.07, 6.45) is 1.35. The molecule has 18 heavy (non-hydrogen) atoms. The molecule has 3 nitrogen and oxygen atoms in total. The molecule has 0 aliphatic carbocycles. The highest BCUT2D eigenvalue weighted by Crippen LogP contribution is 2.19. The first-order chi connectivity index (χ1) is 8.56. The fraction of sp³-hybridized carbons (Fsp3) is 0.417. The molecule has 1 saturated heterocycles. The third-order valence-electron chi connectivity index (χ3n) is 2.85. The summed E-state index contributed by atoms with van der Waals surface area (Å²) in [6, 6.07) is 4.44. The normalized spacial score (nSPS) is 19.7. The molecule has 0 bridgehead atoms. The standard InChI is InChI=1S/C12H14ClFN2OS/c13-10-4-3-8(6-11(10)14)15-12(18)16-5-1-2-9(17)7-16/h3-4,6,9,17H,1-2,5,7H2,(H,15,18). The van der Waals surface area contributed by atoms with Crippen LogP contribution in [0.4, 0.5) is 10.1 Å². The minimum absolute atomic E-state index is 0.0832. The van der Waals surface area contributed by atoms with E-state index in [0.29, 0.717) is 17.3 Å². The second-order valence-electron chi connectivity index (χ2n) is 4.30. The van der Waals surface area contributed by atoms with Crippen molar-refractivity contribution in [3.8, 4) is 0 Å². The van der Waals surface area contributed by atoms with Crippen molar-refractivity contribution in [3.05, 3.63) is 29.0 Å². The van der Waals surface area contributed by atoms with Crippen molar-refractivity contribution in [1.29, 1.82) is 0 Å². The highest BCUT2D eigenvalue weighted by molar-refractivity contribution is 7.80. The number of β-amino-alcohol motifs (C(OH)–C–C–N with tert-alkyl or cyclic N) is 1. The Morgan fingerprint density at radius 2 is 2.33 bits per heavy atom. The minimum Gasteiger partial charge on any atom is -0.391 e. The number of anilines is 1. The number of piperidine rings is 1. The lowest BCUT2D eigenvalue weighted by atomic mass is 10.1. The van der Waals surface area contributed by atoms with Gasteiger partial charge in [0, 0.05) is 18.8 Å². The number of nitrogens with one attached hydrogen (secondary N) is 1. The van der Waals surface area contributed by atoms with Gasteiger partial charge in [-0.05, 0) is 43.3 Å². The number of likely N-dealkylation sites (tertiary alicyclic amines) is 1. The molecule has 1 aromatic rings. The first-order valence-electron chi connectivity index (χ1n) is 5.75. The van der Waals surface area contributed by atoms with Crippen molar-refractivity contribution in [2.45, 2.75) is 18.9 Å². The van der Waals surface area contributed by atoms with Crippen molar-refractivity contribution >= 4 is 34.6 Å². The maximum Gasteiger partial charge on any atom is 0.173 e. The van der Waals surface area contributed by atoms with Crippen molar-refractivity contribution < 1.29 is 9.50 Å². The summed E-state index contributed by atoms with van der Waals surface area (Å²) in [5, 5.41) is 13.1. The molecule has 1 fully saturated rings. The van der Waals surface area contributed by atoms with Crippen molar-refractivity contribution in [2.75, 3.05) is 18.4 Å². The van der Waals surface area contributed by atoms with Gasteiger partial charge in [-0.15, -0.1) is 0 Å². The van der Waals surface area contributed by atoms with E-state index in [9.17, 15) is 9.50 Å². The van der Waals surface area contributed by atoms with Gasteiger partial charge in [0.05, 0.1) is 11.1 Å². The number of thiocarbonyl (C=S) groups is 1. The molecular weight excluding hydrogens is 275 g/mol. The Morgan fingerprint density at radius 3 is 3.00 bits per heavy atom. The van der Waals surface area contributed by atoms with Gasteiger partial charge in [-0.3, -0.25) is 0 Å². The van der Waals surface area contributed by atoms with E-state index < -0.39 is 5.82 Å². The largest absolute Gasteiger partial charge is 0.391 e. The van der Waals surface area contributed by atoms with Gasteiger partial charge in [0.15, 0.2) is 5.11 Å². The molecular formula is C12H14ClFN2OS. The average Bonchev–Trinajstić information content (AvgIpc) is 2.34. The van der Waals surface area contributed by atoms with E-state index >= 15 is 0 Å². The lowest BCUT2D eigenvalue weighted by molar-refractivity contribution is 0.104. The van der Waals surface area contributed by atoms with Crippen LogP contribution in [0.25, 0.3) is 0 Å². The Bertz CT molecular complexity index is 458. The van der Waals surface area contributed by atoms with Crippen LogP contribution in [0.1, 0.15) is 12.8 Å². The van der Waals surface area contributed by atoms with Gasteiger partial charge < -0.3 is 15.3 Å². The fourth-order valence-electron chi connectivity index (χ4n) is 1.92. The second-order valence-corrected chi connectivity index (χ2v) is 5.10. The Labute approximate surface area is 116 Å². The third kappa shape index (κ3) is 3.31. The monoisotopic (exact) mass is 288 g/mol. The van der Waals surface area contributed by atoms with Crippen LogP contribution in [0.3, 0.4) is 0 Å². The Morgan fingerprint density at radius 1 is 1.56 bits per heavy atom. The van der Waals surface area contributed by atoms with E-state index in [1.807, 2.05) is 4.90 Å². The number of aliphatic hydroxyl groups is 1. The second kappa shape index (κ2) is 5.82. The van der Waals surface area contributed by atoms with Gasteiger partial charge in [-0.1, -0.05) is 11.6 Å². The van der Waals surface area contributed by atoms with Crippen LogP contribution >= 0.6 is 23.8 Å². The molecule has 6 heteroatoms. The van der Waals surface area contributed by atoms with Crippen LogP contribution in [-0.2, 0) is 0 Å². The molecule has 0 radical (unpaired) electrons. The van der Waals surface area contributed by atoms with Gasteiger partial charge in [0.1, 0.15) is 5.82 Å². The van der Waals surface area contributed by atoms with Crippen LogP contribution in [0.2, 0.25) is 5.02 Å². The SMILES string of the molecule is OC1CCCN(C(=S)Nc2ccc(Cl)c(F)c2)C1. The van der Waals surface area contributed by atoms with Gasteiger partial charge in [-0.25, -0.2) is 4.39 Å². The summed E-state index contributed by atoms with van der Waals surface area (Å²) in [5.74, 6) is -0.483. The van der Waals surface area contributed by atoms with E-state index in [-0.39, 0.29) is 11.1 Å². The summed E-state index contributed by atoms with van der Waals surface area (Å²) in [5.41, 5.74) is 0.557. The highest BCUT2D eigenvalue weighted by Gasteiger charge is 2.19. The number of hydrogen-bond acceptors (Lipinski definition) is 2. The summed E-state index contributed by atoms with van der Waals surface area (Å²) in [6.45, 7) is 1.32. The number of benzene rings is 1. The van der Waals surface area contributed by atoms with E-state index in [1.165, 1.54) is 12.1 Å². The number of halogens is 2. The van der Waals surface area contributed by atoms with Gasteiger partial charge in [0.25, 0.3) is 0 Å². The molecule has 0 aromatic heterocycles. The molecule has 0 amide bonds. The summed E-state index contributed by atoms with van der Waals surface area (Å²) >= 11 is 10.8. The predicted octanol–water partition coefficient (Wildman–Crippen LogP) is 2.63. The zero-order valence-electron chi connectivity index (χ0n) is 9.70. The van der Waals surface area contributed by atoms with Crippen LogP contribution in [0.5, 0.6) is 0 Å². The summed E-state index contributed by atoms with van der Waals surface area (Å²) in [7, 11) is 0. The van der Waals surface area contributed by atoms with Crippen LogP contribution in [0, 0.1) is 5.82 Å². The molecule has 0 spiro atoms. The zero-order valence-corrected chi connectivity index (χ0v) is 11.3. The fourth-order valence-corrected chi connectivity index (χ4v) is 2.32. The van der Waals surface area contributed by atoms with E-state index in [4.69, 9.17) is 23.8 Å². The molecule has 1 aliphatic rings. The number of aliphatic hydroxyl groups excluding tert-OH is 1. The van der Waals surface area contributed by atoms with Crippen LogP contribution in [-0.4, -0.2) is 34.3 Å². The van der Waals surface area contributed by atoms with Gasteiger partial charge in [-0.2, -0.15) is 0 Å². The lowest BCUT2D eigenvalue weighted by Crippen LogP contribution is -2.44. The molecule has 1 unspecified atom stereocenters. The maximum absolute atomic E-state index is 13.3. The Hall–Kier alpha value is -0.910. The number of hydrogen-bond donors (Lipinski definition) is 2. The summed E-state index contributed by atoms with van der Waals surface area (Å²) in [4.78, 5) is 1.88. The smallest absolute Gasteiger partial charge is 0.173 e. The Balaban J connectivity index is 2.00. The first kappa shape index (κ1) is 13.5. The van der Waals surface area contributed by atoms with Crippen LogP contribution in [0.15, 0.2) is 18.2 Å². The van der Waals surface area contributed by atoms with E-state index in [1.54, 1.807) is 6.07 Å². The maximum atomic E-state index is 13.3. The quantitative estimate of drug-likeness (QED) is 0.779. The molecule has 98 valence electrons. The minimum atomic E-state index is -0.483. The first-order valence-corrected chi connectivity index (χ1v) is 6.54. The van der Waals surface area contributed by atoms with Crippen molar-refractivity contribution in [3.63, 3.8) is 0 Å². The van der Waals surface area contributed by atoms with Crippen LogP contribution < -0.4 is 5.32 Å².